The van der Waals surface area contributed by atoms with Crippen LogP contribution in [0, 0.1) is 12.1 Å². The number of benzene rings is 4. The molecule has 0 fully saturated rings. The smallest absolute Gasteiger partial charge is 0.361 e. The van der Waals surface area contributed by atoms with Crippen LogP contribution in [-0.4, -0.2) is 0 Å². The fourth-order valence-corrected chi connectivity index (χ4v) is 2.96. The van der Waals surface area contributed by atoms with Crippen LogP contribution in [0.25, 0.3) is 11.1 Å². The Labute approximate surface area is 169 Å². The van der Waals surface area contributed by atoms with Crippen LogP contribution in [-0.2, 0) is 21.1 Å². The maximum atomic E-state index is 3.40. The molecule has 0 N–H and O–H groups in total. The van der Waals surface area contributed by atoms with Crippen LogP contribution < -0.4 is 4.90 Å². The Morgan fingerprint density at radius 3 is 1.69 bits per heavy atom. The summed E-state index contributed by atoms with van der Waals surface area (Å²) >= 11 is 0. The van der Waals surface area contributed by atoms with E-state index >= 15 is 0 Å². The molecule has 0 saturated carbocycles. The van der Waals surface area contributed by atoms with Gasteiger partial charge in [-0.25, -0.2) is 11.1 Å². The van der Waals surface area contributed by atoms with Crippen LogP contribution >= 0.6 is 0 Å². The van der Waals surface area contributed by atoms with Crippen LogP contribution in [0.5, 0.6) is 0 Å². The first-order valence-electron chi connectivity index (χ1n) is 8.31. The third-order valence-corrected chi connectivity index (χ3v) is 4.08. The minimum atomic E-state index is 0. The van der Waals surface area contributed by atoms with Crippen molar-refractivity contribution >= 4 is 17.1 Å². The fraction of sp³-hybridized carbons (Fsp3) is 0. The van der Waals surface area contributed by atoms with Gasteiger partial charge in [-0.05, 0) is 24.3 Å². The van der Waals surface area contributed by atoms with Gasteiger partial charge >= 0.3 is 21.1 Å². The van der Waals surface area contributed by atoms with E-state index in [0.717, 1.165) is 28.2 Å². The van der Waals surface area contributed by atoms with Gasteiger partial charge < -0.3 is 4.90 Å². The molecule has 4 rings (SSSR count). The summed E-state index contributed by atoms with van der Waals surface area (Å²) < 4.78 is 0. The van der Waals surface area contributed by atoms with E-state index < -0.39 is 0 Å². The van der Waals surface area contributed by atoms with E-state index in [9.17, 15) is 0 Å². The molecule has 1 nitrogen and oxygen atoms in total. The Balaban J connectivity index is 0.00000196. The van der Waals surface area contributed by atoms with Crippen LogP contribution in [0.1, 0.15) is 0 Å². The molecule has 0 radical (unpaired) electrons. The summed E-state index contributed by atoms with van der Waals surface area (Å²) in [6.07, 6.45) is 0. The molecule has 0 aromatic heterocycles. The van der Waals surface area contributed by atoms with Gasteiger partial charge in [0.1, 0.15) is 0 Å². The van der Waals surface area contributed by atoms with Crippen molar-refractivity contribution < 1.29 is 21.1 Å². The summed E-state index contributed by atoms with van der Waals surface area (Å²) in [5, 5.41) is 0. The Kier molecular flexibility index (Phi) is 6.04. The average Bonchev–Trinajstić information content (AvgIpc) is 2.71. The molecular weight excluding hydrogens is 486 g/mol. The van der Waals surface area contributed by atoms with E-state index in [1.807, 2.05) is 42.5 Å². The van der Waals surface area contributed by atoms with Crippen molar-refractivity contribution in [2.75, 3.05) is 4.90 Å². The standard InChI is InChI=1S/C24H17N.W/c1-4-12-20(13-5-1)23-18-10-11-19-24(23)25(21-14-6-2-7-15-21)22-16-8-3-9-17-22;/h1-12,14-17,19H;/q-2;+2. The average molecular weight is 503 g/mol. The SMILES string of the molecule is [W+2].[c-]1ccccc1-c1[c-]cccc1N(c1ccccc1)c1ccccc1. The van der Waals surface area contributed by atoms with Crippen molar-refractivity contribution in [3.63, 3.8) is 0 Å². The quantitative estimate of drug-likeness (QED) is 0.291. The molecule has 2 heteroatoms. The largest absolute Gasteiger partial charge is 2.00 e. The molecular formula is C24H17NW. The zero-order valence-electron chi connectivity index (χ0n) is 14.2. The molecule has 0 atom stereocenters. The second kappa shape index (κ2) is 8.65. The summed E-state index contributed by atoms with van der Waals surface area (Å²) in [4.78, 5) is 2.26. The molecule has 0 amide bonds. The number of hydrogen-bond donors (Lipinski definition) is 0. The monoisotopic (exact) mass is 503 g/mol. The Bertz CT molecular complexity index is 898. The van der Waals surface area contributed by atoms with Gasteiger partial charge in [0.2, 0.25) is 0 Å². The van der Waals surface area contributed by atoms with Crippen molar-refractivity contribution in [2.24, 2.45) is 0 Å². The van der Waals surface area contributed by atoms with Crippen LogP contribution in [0.2, 0.25) is 0 Å². The van der Waals surface area contributed by atoms with Gasteiger partial charge in [-0.2, -0.15) is 36.4 Å². The number of nitrogens with zero attached hydrogens (tertiary/aromatic N) is 1. The van der Waals surface area contributed by atoms with Crippen LogP contribution in [0.4, 0.5) is 17.1 Å². The second-order valence-electron chi connectivity index (χ2n) is 5.71. The predicted octanol–water partition coefficient (Wildman–Crippen LogP) is 6.42. The van der Waals surface area contributed by atoms with Crippen molar-refractivity contribution in [1.29, 1.82) is 0 Å². The number of para-hydroxylation sites is 2. The van der Waals surface area contributed by atoms with E-state index in [4.69, 9.17) is 0 Å². The summed E-state index contributed by atoms with van der Waals surface area (Å²) in [5.41, 5.74) is 5.39. The Morgan fingerprint density at radius 2 is 1.12 bits per heavy atom. The molecule has 26 heavy (non-hydrogen) atoms. The van der Waals surface area contributed by atoms with Gasteiger partial charge in [-0.15, -0.1) is 18.2 Å². The molecule has 0 saturated heterocycles. The molecule has 124 valence electrons. The fourth-order valence-electron chi connectivity index (χ4n) is 2.96. The molecule has 0 spiro atoms. The molecule has 0 aliphatic heterocycles. The van der Waals surface area contributed by atoms with E-state index in [1.165, 1.54) is 0 Å². The summed E-state index contributed by atoms with van der Waals surface area (Å²) in [7, 11) is 0. The Hall–Kier alpha value is -2.63. The minimum Gasteiger partial charge on any atom is -0.361 e. The molecule has 0 bridgehead atoms. The van der Waals surface area contributed by atoms with Gasteiger partial charge in [-0.3, -0.25) is 0 Å². The topological polar surface area (TPSA) is 3.24 Å². The normalized spacial score (nSPS) is 10.0. The first kappa shape index (κ1) is 18.2. The van der Waals surface area contributed by atoms with Crippen LogP contribution in [0.15, 0.2) is 103 Å². The molecule has 4 aromatic rings. The molecule has 0 unspecified atom stereocenters. The van der Waals surface area contributed by atoms with E-state index in [1.54, 1.807) is 0 Å². The summed E-state index contributed by atoms with van der Waals surface area (Å²) in [5.74, 6) is 0. The zero-order valence-corrected chi connectivity index (χ0v) is 17.1. The van der Waals surface area contributed by atoms with Crippen molar-refractivity contribution in [3.8, 4) is 11.1 Å². The van der Waals surface area contributed by atoms with Gasteiger partial charge in [-0.1, -0.05) is 42.1 Å². The van der Waals surface area contributed by atoms with E-state index in [0.29, 0.717) is 0 Å². The van der Waals surface area contributed by atoms with Gasteiger partial charge in [0, 0.05) is 11.4 Å². The maximum absolute atomic E-state index is 3.40. The zero-order chi connectivity index (χ0) is 16.9. The van der Waals surface area contributed by atoms with Crippen molar-refractivity contribution in [2.45, 2.75) is 0 Å². The molecule has 0 heterocycles. The molecule has 0 aliphatic rings. The first-order valence-corrected chi connectivity index (χ1v) is 8.31. The van der Waals surface area contributed by atoms with Crippen molar-refractivity contribution in [3.05, 3.63) is 115 Å². The van der Waals surface area contributed by atoms with Gasteiger partial charge in [0.05, 0.1) is 0 Å². The molecule has 4 aromatic carbocycles. The van der Waals surface area contributed by atoms with Crippen molar-refractivity contribution in [1.82, 2.24) is 0 Å². The first-order chi connectivity index (χ1) is 12.4. The summed E-state index contributed by atoms with van der Waals surface area (Å²) in [6, 6.07) is 41.7. The third-order valence-electron chi connectivity index (χ3n) is 4.08. The number of rotatable bonds is 4. The maximum Gasteiger partial charge on any atom is 2.00 e. The third kappa shape index (κ3) is 3.79. The van der Waals surface area contributed by atoms with Gasteiger partial charge in [0.15, 0.2) is 0 Å². The molecule has 0 aliphatic carbocycles. The van der Waals surface area contributed by atoms with Crippen LogP contribution in [0.3, 0.4) is 0 Å². The number of hydrogen-bond acceptors (Lipinski definition) is 1. The predicted molar refractivity (Wildman–Crippen MR) is 104 cm³/mol. The van der Waals surface area contributed by atoms with E-state index in [-0.39, 0.29) is 21.1 Å². The van der Waals surface area contributed by atoms with E-state index in [2.05, 4.69) is 77.7 Å². The second-order valence-corrected chi connectivity index (χ2v) is 5.71. The summed E-state index contributed by atoms with van der Waals surface area (Å²) in [6.45, 7) is 0. The Morgan fingerprint density at radius 1 is 0.538 bits per heavy atom. The number of anilines is 3. The van der Waals surface area contributed by atoms with Gasteiger partial charge in [0.25, 0.3) is 0 Å². The minimum absolute atomic E-state index is 0.